The van der Waals surface area contributed by atoms with Crippen LogP contribution >= 0.6 is 0 Å². The van der Waals surface area contributed by atoms with Crippen molar-refractivity contribution in [2.24, 2.45) is 5.73 Å². The SMILES string of the molecule is NCC(=O)NCCOc1ccc2ncccc2c1. The van der Waals surface area contributed by atoms with Crippen molar-refractivity contribution < 1.29 is 9.53 Å². The Hall–Kier alpha value is -2.14. The van der Waals surface area contributed by atoms with Crippen molar-refractivity contribution in [2.45, 2.75) is 0 Å². The Morgan fingerprint density at radius 3 is 3.11 bits per heavy atom. The molecule has 5 nitrogen and oxygen atoms in total. The van der Waals surface area contributed by atoms with Crippen LogP contribution in [0.5, 0.6) is 5.75 Å². The van der Waals surface area contributed by atoms with Gasteiger partial charge in [0.25, 0.3) is 0 Å². The number of carbonyl (C=O) groups is 1. The fraction of sp³-hybridized carbons (Fsp3) is 0.231. The van der Waals surface area contributed by atoms with Gasteiger partial charge in [0.15, 0.2) is 0 Å². The van der Waals surface area contributed by atoms with E-state index in [0.29, 0.717) is 13.2 Å². The van der Waals surface area contributed by atoms with Crippen molar-refractivity contribution in [1.82, 2.24) is 10.3 Å². The van der Waals surface area contributed by atoms with E-state index in [9.17, 15) is 4.79 Å². The van der Waals surface area contributed by atoms with Crippen molar-refractivity contribution in [3.05, 3.63) is 36.5 Å². The van der Waals surface area contributed by atoms with Gasteiger partial charge in [-0.2, -0.15) is 0 Å². The number of amides is 1. The number of benzene rings is 1. The summed E-state index contributed by atoms with van der Waals surface area (Å²) in [5.74, 6) is 0.582. The predicted octanol–water partition coefficient (Wildman–Crippen LogP) is 0.689. The second kappa shape index (κ2) is 5.97. The molecule has 5 heteroatoms. The van der Waals surface area contributed by atoms with Crippen molar-refractivity contribution in [2.75, 3.05) is 19.7 Å². The molecule has 1 heterocycles. The molecule has 1 aromatic carbocycles. The Kier molecular flexibility index (Phi) is 4.09. The second-order valence-electron chi connectivity index (χ2n) is 3.76. The van der Waals surface area contributed by atoms with Crippen LogP contribution in [-0.2, 0) is 4.79 Å². The lowest BCUT2D eigenvalue weighted by Crippen LogP contribution is -2.33. The van der Waals surface area contributed by atoms with Gasteiger partial charge >= 0.3 is 0 Å². The van der Waals surface area contributed by atoms with Crippen molar-refractivity contribution in [1.29, 1.82) is 0 Å². The number of rotatable bonds is 5. The van der Waals surface area contributed by atoms with Gasteiger partial charge < -0.3 is 15.8 Å². The quantitative estimate of drug-likeness (QED) is 0.760. The van der Waals surface area contributed by atoms with Crippen LogP contribution in [0.3, 0.4) is 0 Å². The second-order valence-corrected chi connectivity index (χ2v) is 3.76. The van der Waals surface area contributed by atoms with Crippen molar-refractivity contribution in [3.8, 4) is 5.75 Å². The Labute approximate surface area is 105 Å². The number of carbonyl (C=O) groups excluding carboxylic acids is 1. The number of hydrogen-bond donors (Lipinski definition) is 2. The zero-order valence-electron chi connectivity index (χ0n) is 9.93. The monoisotopic (exact) mass is 245 g/mol. The maximum Gasteiger partial charge on any atom is 0.233 e. The standard InChI is InChI=1S/C13H15N3O2/c14-9-13(17)16-6-7-18-11-3-4-12-10(8-11)2-1-5-15-12/h1-5,8H,6-7,9,14H2,(H,16,17). The number of hydrogen-bond acceptors (Lipinski definition) is 4. The van der Waals surface area contributed by atoms with Crippen molar-refractivity contribution in [3.63, 3.8) is 0 Å². The van der Waals surface area contributed by atoms with Gasteiger partial charge in [-0.15, -0.1) is 0 Å². The summed E-state index contributed by atoms with van der Waals surface area (Å²) in [4.78, 5) is 15.1. The van der Waals surface area contributed by atoms with Crippen LogP contribution in [0.2, 0.25) is 0 Å². The molecular formula is C13H15N3O2. The van der Waals surface area contributed by atoms with E-state index < -0.39 is 0 Å². The summed E-state index contributed by atoms with van der Waals surface area (Å²) in [6, 6.07) is 9.55. The van der Waals surface area contributed by atoms with Crippen LogP contribution in [0, 0.1) is 0 Å². The number of nitrogens with two attached hydrogens (primary N) is 1. The molecule has 2 aromatic rings. The Balaban J connectivity index is 1.90. The highest BCUT2D eigenvalue weighted by Crippen LogP contribution is 2.18. The Morgan fingerprint density at radius 2 is 2.28 bits per heavy atom. The number of pyridine rings is 1. The zero-order valence-corrected chi connectivity index (χ0v) is 9.93. The molecule has 0 saturated carbocycles. The highest BCUT2D eigenvalue weighted by Gasteiger charge is 1.99. The average Bonchev–Trinajstić information content (AvgIpc) is 2.43. The fourth-order valence-electron chi connectivity index (χ4n) is 1.57. The van der Waals surface area contributed by atoms with Gasteiger partial charge in [0.05, 0.1) is 18.6 Å². The van der Waals surface area contributed by atoms with Crippen molar-refractivity contribution >= 4 is 16.8 Å². The van der Waals surface area contributed by atoms with Gasteiger partial charge in [0, 0.05) is 11.6 Å². The first-order valence-corrected chi connectivity index (χ1v) is 5.74. The molecule has 2 rings (SSSR count). The number of nitrogens with one attached hydrogen (secondary N) is 1. The van der Waals surface area contributed by atoms with Gasteiger partial charge in [-0.3, -0.25) is 9.78 Å². The van der Waals surface area contributed by atoms with E-state index in [1.807, 2.05) is 30.3 Å². The number of nitrogens with zero attached hydrogens (tertiary/aromatic N) is 1. The molecule has 1 aromatic heterocycles. The largest absolute Gasteiger partial charge is 0.492 e. The minimum atomic E-state index is -0.179. The molecule has 0 saturated heterocycles. The molecule has 94 valence electrons. The summed E-state index contributed by atoms with van der Waals surface area (Å²) in [5.41, 5.74) is 6.10. The van der Waals surface area contributed by atoms with Crippen LogP contribution in [-0.4, -0.2) is 30.6 Å². The molecule has 0 atom stereocenters. The molecule has 0 spiro atoms. The molecule has 0 aliphatic rings. The van der Waals surface area contributed by atoms with Crippen LogP contribution in [0.15, 0.2) is 36.5 Å². The summed E-state index contributed by atoms with van der Waals surface area (Å²) >= 11 is 0. The normalized spacial score (nSPS) is 10.3. The van der Waals surface area contributed by atoms with E-state index in [1.54, 1.807) is 6.20 Å². The van der Waals surface area contributed by atoms with Gasteiger partial charge in [0.2, 0.25) is 5.91 Å². The third-order valence-corrected chi connectivity index (χ3v) is 2.45. The van der Waals surface area contributed by atoms with Crippen LogP contribution in [0.25, 0.3) is 10.9 Å². The lowest BCUT2D eigenvalue weighted by Gasteiger charge is -2.07. The number of aromatic nitrogens is 1. The van der Waals surface area contributed by atoms with E-state index in [-0.39, 0.29) is 12.5 Å². The summed E-state index contributed by atoms with van der Waals surface area (Å²) in [6.07, 6.45) is 1.76. The summed E-state index contributed by atoms with van der Waals surface area (Å²) in [7, 11) is 0. The maximum absolute atomic E-state index is 10.9. The zero-order chi connectivity index (χ0) is 12.8. The molecule has 18 heavy (non-hydrogen) atoms. The number of fused-ring (bicyclic) bond motifs is 1. The topological polar surface area (TPSA) is 77.2 Å². The first-order valence-electron chi connectivity index (χ1n) is 5.74. The maximum atomic E-state index is 10.9. The van der Waals surface area contributed by atoms with Crippen LogP contribution < -0.4 is 15.8 Å². The lowest BCUT2D eigenvalue weighted by atomic mass is 10.2. The minimum absolute atomic E-state index is 0.00163. The van der Waals surface area contributed by atoms with Crippen LogP contribution in [0.4, 0.5) is 0 Å². The first kappa shape index (κ1) is 12.3. The third kappa shape index (κ3) is 3.18. The fourth-order valence-corrected chi connectivity index (χ4v) is 1.57. The van der Waals surface area contributed by atoms with E-state index in [4.69, 9.17) is 10.5 Å². The van der Waals surface area contributed by atoms with Gasteiger partial charge in [0.1, 0.15) is 12.4 Å². The Bertz CT molecular complexity index is 543. The van der Waals surface area contributed by atoms with E-state index >= 15 is 0 Å². The van der Waals surface area contributed by atoms with Gasteiger partial charge in [-0.25, -0.2) is 0 Å². The highest BCUT2D eigenvalue weighted by atomic mass is 16.5. The first-order chi connectivity index (χ1) is 8.79. The highest BCUT2D eigenvalue weighted by molar-refractivity contribution is 5.79. The van der Waals surface area contributed by atoms with Gasteiger partial charge in [-0.1, -0.05) is 6.07 Å². The molecule has 0 radical (unpaired) electrons. The summed E-state index contributed by atoms with van der Waals surface area (Å²) in [6.45, 7) is 0.861. The molecule has 0 aliphatic carbocycles. The predicted molar refractivity (Wildman–Crippen MR) is 69.3 cm³/mol. The molecule has 0 fully saturated rings. The number of ether oxygens (including phenoxy) is 1. The Morgan fingerprint density at radius 1 is 1.39 bits per heavy atom. The van der Waals surface area contributed by atoms with E-state index in [1.165, 1.54) is 0 Å². The molecule has 3 N–H and O–H groups in total. The average molecular weight is 245 g/mol. The minimum Gasteiger partial charge on any atom is -0.492 e. The lowest BCUT2D eigenvalue weighted by molar-refractivity contribution is -0.119. The molecule has 1 amide bonds. The van der Waals surface area contributed by atoms with E-state index in [2.05, 4.69) is 10.3 Å². The van der Waals surface area contributed by atoms with Gasteiger partial charge in [-0.05, 0) is 24.3 Å². The summed E-state index contributed by atoms with van der Waals surface area (Å²) in [5, 5.41) is 3.67. The smallest absolute Gasteiger partial charge is 0.233 e. The molecule has 0 unspecified atom stereocenters. The molecular weight excluding hydrogens is 230 g/mol. The van der Waals surface area contributed by atoms with Crippen LogP contribution in [0.1, 0.15) is 0 Å². The molecule has 0 aliphatic heterocycles. The molecule has 0 bridgehead atoms. The third-order valence-electron chi connectivity index (χ3n) is 2.45. The van der Waals surface area contributed by atoms with E-state index in [0.717, 1.165) is 16.7 Å². The summed E-state index contributed by atoms with van der Waals surface area (Å²) < 4.78 is 5.53.